The Morgan fingerprint density at radius 2 is 1.96 bits per heavy atom. The first-order valence-corrected chi connectivity index (χ1v) is 9.02. The van der Waals surface area contributed by atoms with E-state index in [0.29, 0.717) is 29.6 Å². The standard InChI is InChI=1S/C17H20F2N4O3S/c1-9-15(27-10(2)23-9)7-22-17(20-3)21-6-11-4-13-14(25-8-24-13)5-12(11)26-16(18)19/h4-5,16H,6-8H2,1-3H3,(H2,20,21,22). The molecule has 146 valence electrons. The molecule has 2 heterocycles. The van der Waals surface area contributed by atoms with Crippen LogP contribution in [-0.4, -0.2) is 31.4 Å². The summed E-state index contributed by atoms with van der Waals surface area (Å²) in [6.07, 6.45) is 0. The van der Waals surface area contributed by atoms with Gasteiger partial charge in [-0.05, 0) is 19.9 Å². The second kappa shape index (κ2) is 8.38. The number of nitrogens with one attached hydrogen (secondary N) is 2. The zero-order valence-electron chi connectivity index (χ0n) is 15.1. The number of fused-ring (bicyclic) bond motifs is 1. The minimum absolute atomic E-state index is 0.0335. The van der Waals surface area contributed by atoms with E-state index in [0.717, 1.165) is 15.6 Å². The monoisotopic (exact) mass is 398 g/mol. The third-order valence-electron chi connectivity index (χ3n) is 3.86. The molecular formula is C17H20F2N4O3S. The van der Waals surface area contributed by atoms with Crippen LogP contribution in [0, 0.1) is 13.8 Å². The van der Waals surface area contributed by atoms with E-state index in [2.05, 4.69) is 25.3 Å². The maximum atomic E-state index is 12.7. The molecule has 0 fully saturated rings. The van der Waals surface area contributed by atoms with Crippen molar-refractivity contribution in [2.45, 2.75) is 33.5 Å². The fraction of sp³-hybridized carbons (Fsp3) is 0.412. The number of guanidine groups is 1. The van der Waals surface area contributed by atoms with Gasteiger partial charge in [0, 0.05) is 30.1 Å². The van der Waals surface area contributed by atoms with Crippen LogP contribution in [0.1, 0.15) is 21.1 Å². The molecular weight excluding hydrogens is 378 g/mol. The Morgan fingerprint density at radius 1 is 1.26 bits per heavy atom. The molecule has 1 aliphatic heterocycles. The number of aryl methyl sites for hydroxylation is 2. The molecule has 0 unspecified atom stereocenters. The third-order valence-corrected chi connectivity index (χ3v) is 4.93. The Kier molecular flexibility index (Phi) is 5.94. The Labute approximate surface area is 159 Å². The number of benzene rings is 1. The van der Waals surface area contributed by atoms with E-state index in [1.54, 1.807) is 24.5 Å². The summed E-state index contributed by atoms with van der Waals surface area (Å²) >= 11 is 1.61. The summed E-state index contributed by atoms with van der Waals surface area (Å²) in [6.45, 7) is 1.82. The van der Waals surface area contributed by atoms with Gasteiger partial charge in [-0.2, -0.15) is 8.78 Å². The first-order valence-electron chi connectivity index (χ1n) is 8.21. The summed E-state index contributed by atoms with van der Waals surface area (Å²) in [5.74, 6) is 1.44. The van der Waals surface area contributed by atoms with Crippen molar-refractivity contribution in [2.24, 2.45) is 4.99 Å². The minimum Gasteiger partial charge on any atom is -0.454 e. The number of thiazole rings is 1. The quantitative estimate of drug-likeness (QED) is 0.576. The van der Waals surface area contributed by atoms with Gasteiger partial charge in [0.15, 0.2) is 17.5 Å². The van der Waals surface area contributed by atoms with Crippen LogP contribution < -0.4 is 24.8 Å². The molecule has 1 aromatic heterocycles. The summed E-state index contributed by atoms with van der Waals surface area (Å²) in [4.78, 5) is 9.65. The topological polar surface area (TPSA) is 77.0 Å². The third kappa shape index (κ3) is 4.76. The fourth-order valence-corrected chi connectivity index (χ4v) is 3.49. The van der Waals surface area contributed by atoms with Crippen LogP contribution in [0.15, 0.2) is 17.1 Å². The van der Waals surface area contributed by atoms with Gasteiger partial charge in [-0.1, -0.05) is 0 Å². The molecule has 0 saturated heterocycles. The number of rotatable bonds is 6. The summed E-state index contributed by atoms with van der Waals surface area (Å²) in [5, 5.41) is 7.28. The van der Waals surface area contributed by atoms with Gasteiger partial charge in [-0.25, -0.2) is 4.98 Å². The number of hydrogen-bond acceptors (Lipinski definition) is 6. The van der Waals surface area contributed by atoms with Gasteiger partial charge >= 0.3 is 6.61 Å². The summed E-state index contributed by atoms with van der Waals surface area (Å²) < 4.78 is 40.6. The maximum Gasteiger partial charge on any atom is 0.387 e. The first-order chi connectivity index (χ1) is 13.0. The number of nitrogens with zero attached hydrogens (tertiary/aromatic N) is 2. The summed E-state index contributed by atoms with van der Waals surface area (Å²) in [6, 6.07) is 3.03. The van der Waals surface area contributed by atoms with Crippen LogP contribution in [0.3, 0.4) is 0 Å². The van der Waals surface area contributed by atoms with E-state index in [9.17, 15) is 8.78 Å². The molecule has 0 aliphatic carbocycles. The molecule has 0 amide bonds. The van der Waals surface area contributed by atoms with Gasteiger partial charge in [0.25, 0.3) is 0 Å². The number of halogens is 2. The first kappa shape index (κ1) is 19.2. The van der Waals surface area contributed by atoms with E-state index in [4.69, 9.17) is 9.47 Å². The fourth-order valence-electron chi connectivity index (χ4n) is 2.61. The lowest BCUT2D eigenvalue weighted by atomic mass is 10.1. The lowest BCUT2D eigenvalue weighted by Crippen LogP contribution is -2.36. The van der Waals surface area contributed by atoms with Gasteiger partial charge in [0.05, 0.1) is 17.2 Å². The molecule has 0 saturated carbocycles. The highest BCUT2D eigenvalue weighted by atomic mass is 32.1. The SMILES string of the molecule is CN=C(NCc1cc2c(cc1OC(F)F)OCO2)NCc1sc(C)nc1C. The molecule has 2 aromatic rings. The van der Waals surface area contributed by atoms with Crippen molar-refractivity contribution in [1.82, 2.24) is 15.6 Å². The van der Waals surface area contributed by atoms with Crippen LogP contribution in [0.4, 0.5) is 8.78 Å². The number of ether oxygens (including phenoxy) is 3. The van der Waals surface area contributed by atoms with Gasteiger partial charge < -0.3 is 24.8 Å². The Bertz CT molecular complexity index is 842. The van der Waals surface area contributed by atoms with Gasteiger partial charge in [0.2, 0.25) is 6.79 Å². The smallest absolute Gasteiger partial charge is 0.387 e. The van der Waals surface area contributed by atoms with Gasteiger partial charge in [0.1, 0.15) is 5.75 Å². The molecule has 10 heteroatoms. The van der Waals surface area contributed by atoms with Crippen molar-refractivity contribution in [3.05, 3.63) is 33.3 Å². The molecule has 0 bridgehead atoms. The molecule has 0 atom stereocenters. The van der Waals surface area contributed by atoms with E-state index < -0.39 is 6.61 Å². The van der Waals surface area contributed by atoms with Crippen molar-refractivity contribution >= 4 is 17.3 Å². The van der Waals surface area contributed by atoms with Gasteiger partial charge in [-0.15, -0.1) is 11.3 Å². The molecule has 2 N–H and O–H groups in total. The minimum atomic E-state index is -2.93. The van der Waals surface area contributed by atoms with Crippen LogP contribution in [-0.2, 0) is 13.1 Å². The molecule has 1 aliphatic rings. The van der Waals surface area contributed by atoms with Crippen molar-refractivity contribution in [3.8, 4) is 17.2 Å². The highest BCUT2D eigenvalue weighted by molar-refractivity contribution is 7.11. The molecule has 7 nitrogen and oxygen atoms in total. The molecule has 3 rings (SSSR count). The lowest BCUT2D eigenvalue weighted by molar-refractivity contribution is -0.0505. The number of aliphatic imine (C=N–C) groups is 1. The second-order valence-electron chi connectivity index (χ2n) is 5.71. The molecule has 27 heavy (non-hydrogen) atoms. The van der Waals surface area contributed by atoms with Crippen molar-refractivity contribution in [3.63, 3.8) is 0 Å². The Morgan fingerprint density at radius 3 is 2.59 bits per heavy atom. The predicted molar refractivity (Wildman–Crippen MR) is 97.8 cm³/mol. The van der Waals surface area contributed by atoms with Crippen LogP contribution in [0.2, 0.25) is 0 Å². The molecule has 0 spiro atoms. The van der Waals surface area contributed by atoms with Crippen LogP contribution in [0.25, 0.3) is 0 Å². The van der Waals surface area contributed by atoms with Crippen molar-refractivity contribution < 1.29 is 23.0 Å². The highest BCUT2D eigenvalue weighted by Crippen LogP contribution is 2.38. The van der Waals surface area contributed by atoms with E-state index in [-0.39, 0.29) is 19.1 Å². The predicted octanol–water partition coefficient (Wildman–Crippen LogP) is 2.96. The largest absolute Gasteiger partial charge is 0.454 e. The van der Waals surface area contributed by atoms with Crippen molar-refractivity contribution in [1.29, 1.82) is 0 Å². The Hall–Kier alpha value is -2.62. The van der Waals surface area contributed by atoms with E-state index in [1.807, 2.05) is 13.8 Å². The molecule has 0 radical (unpaired) electrons. The number of alkyl halides is 2. The van der Waals surface area contributed by atoms with Gasteiger partial charge in [-0.3, -0.25) is 4.99 Å². The van der Waals surface area contributed by atoms with E-state index in [1.165, 1.54) is 6.07 Å². The zero-order valence-corrected chi connectivity index (χ0v) is 16.0. The normalized spacial score (nSPS) is 13.2. The summed E-state index contributed by atoms with van der Waals surface area (Å²) in [5.41, 5.74) is 1.48. The van der Waals surface area contributed by atoms with E-state index >= 15 is 0 Å². The summed E-state index contributed by atoms with van der Waals surface area (Å²) in [7, 11) is 1.64. The maximum absolute atomic E-state index is 12.7. The average Bonchev–Trinajstić information content (AvgIpc) is 3.19. The average molecular weight is 398 g/mol. The second-order valence-corrected chi connectivity index (χ2v) is 7.00. The highest BCUT2D eigenvalue weighted by Gasteiger charge is 2.20. The van der Waals surface area contributed by atoms with Crippen LogP contribution in [0.5, 0.6) is 17.2 Å². The zero-order chi connectivity index (χ0) is 19.4. The number of hydrogen-bond donors (Lipinski definition) is 2. The van der Waals surface area contributed by atoms with Crippen LogP contribution >= 0.6 is 11.3 Å². The lowest BCUT2D eigenvalue weighted by Gasteiger charge is -2.15. The number of aromatic nitrogens is 1. The molecule has 1 aromatic carbocycles. The van der Waals surface area contributed by atoms with Crippen molar-refractivity contribution in [2.75, 3.05) is 13.8 Å². The Balaban J connectivity index is 1.66.